The highest BCUT2D eigenvalue weighted by Crippen LogP contribution is 2.15. The van der Waals surface area contributed by atoms with Crippen molar-refractivity contribution in [2.75, 3.05) is 13.7 Å². The Morgan fingerprint density at radius 3 is 2.65 bits per heavy atom. The summed E-state index contributed by atoms with van der Waals surface area (Å²) in [5.74, 6) is 0.0863. The van der Waals surface area contributed by atoms with Crippen molar-refractivity contribution in [3.8, 4) is 0 Å². The largest absolute Gasteiger partial charge is 0.466 e. The molecule has 0 radical (unpaired) electrons. The molecule has 1 amide bonds. The fraction of sp³-hybridized carbons (Fsp3) is 0.588. The lowest BCUT2D eigenvalue weighted by molar-refractivity contribution is -0.134. The lowest BCUT2D eigenvalue weighted by Crippen LogP contribution is -2.26. The van der Waals surface area contributed by atoms with Gasteiger partial charge in [0.2, 0.25) is 5.91 Å². The molecule has 0 aromatic carbocycles. The third-order valence-electron chi connectivity index (χ3n) is 3.50. The lowest BCUT2D eigenvalue weighted by Gasteiger charge is -2.08. The summed E-state index contributed by atoms with van der Waals surface area (Å²) in [4.78, 5) is 22.9. The molecular formula is C17H27N3O3. The molecule has 0 aliphatic heterocycles. The molecule has 6 nitrogen and oxygen atoms in total. The normalized spacial score (nSPS) is 11.2. The number of aryl methyl sites for hydroxylation is 1. The molecule has 1 rings (SSSR count). The van der Waals surface area contributed by atoms with E-state index in [1.807, 2.05) is 18.5 Å². The second kappa shape index (κ2) is 9.12. The van der Waals surface area contributed by atoms with Gasteiger partial charge in [0.15, 0.2) is 0 Å². The molecule has 1 aromatic rings. The second-order valence-corrected chi connectivity index (χ2v) is 5.97. The van der Waals surface area contributed by atoms with Crippen LogP contribution in [0.2, 0.25) is 0 Å². The van der Waals surface area contributed by atoms with Crippen molar-refractivity contribution >= 4 is 11.9 Å². The number of carbonyl (C=O) groups excluding carboxylic acids is 2. The number of amides is 1. The van der Waals surface area contributed by atoms with Gasteiger partial charge < -0.3 is 10.1 Å². The Hall–Kier alpha value is -2.11. The zero-order valence-corrected chi connectivity index (χ0v) is 14.7. The van der Waals surface area contributed by atoms with E-state index in [0.717, 1.165) is 23.5 Å². The number of esters is 1. The minimum atomic E-state index is -0.389. The van der Waals surface area contributed by atoms with E-state index in [9.17, 15) is 9.59 Å². The van der Waals surface area contributed by atoms with Crippen LogP contribution in [0.3, 0.4) is 0 Å². The van der Waals surface area contributed by atoms with E-state index in [4.69, 9.17) is 0 Å². The monoisotopic (exact) mass is 321 g/mol. The molecule has 0 aliphatic rings. The highest BCUT2D eigenvalue weighted by molar-refractivity contribution is 5.81. The van der Waals surface area contributed by atoms with E-state index >= 15 is 0 Å². The lowest BCUT2D eigenvalue weighted by atomic mass is 10.1. The zero-order chi connectivity index (χ0) is 17.4. The molecule has 0 saturated carbocycles. The number of hydrogen-bond donors (Lipinski definition) is 1. The van der Waals surface area contributed by atoms with E-state index in [1.54, 1.807) is 6.08 Å². The summed E-state index contributed by atoms with van der Waals surface area (Å²) in [6.45, 7) is 9.57. The topological polar surface area (TPSA) is 73.2 Å². The molecule has 0 aliphatic carbocycles. The van der Waals surface area contributed by atoms with Crippen molar-refractivity contribution in [3.63, 3.8) is 0 Å². The quantitative estimate of drug-likeness (QED) is 0.451. The van der Waals surface area contributed by atoms with Crippen LogP contribution >= 0.6 is 0 Å². The molecular weight excluding hydrogens is 294 g/mol. The van der Waals surface area contributed by atoms with Crippen LogP contribution in [0.1, 0.15) is 37.2 Å². The molecule has 0 unspecified atom stereocenters. The fourth-order valence-corrected chi connectivity index (χ4v) is 2.28. The minimum absolute atomic E-state index is 0.0354. The van der Waals surface area contributed by atoms with Crippen LogP contribution in [0.25, 0.3) is 0 Å². The summed E-state index contributed by atoms with van der Waals surface area (Å²) in [5.41, 5.74) is 2.95. The van der Waals surface area contributed by atoms with E-state index in [1.165, 1.54) is 13.2 Å². The second-order valence-electron chi connectivity index (χ2n) is 5.97. The summed E-state index contributed by atoms with van der Waals surface area (Å²) in [6, 6.07) is 0. The Labute approximate surface area is 137 Å². The Balaban J connectivity index is 2.50. The first-order chi connectivity index (χ1) is 10.8. The van der Waals surface area contributed by atoms with Crippen LogP contribution in [0.4, 0.5) is 0 Å². The van der Waals surface area contributed by atoms with Crippen LogP contribution in [0.5, 0.6) is 0 Å². The minimum Gasteiger partial charge on any atom is -0.466 e. The van der Waals surface area contributed by atoms with Gasteiger partial charge in [-0.15, -0.1) is 0 Å². The van der Waals surface area contributed by atoms with Gasteiger partial charge in [-0.05, 0) is 26.2 Å². The summed E-state index contributed by atoms with van der Waals surface area (Å²) in [7, 11) is 1.33. The Kier molecular flexibility index (Phi) is 7.51. The van der Waals surface area contributed by atoms with Gasteiger partial charge >= 0.3 is 5.97 Å². The molecule has 23 heavy (non-hydrogen) atoms. The first-order valence-electron chi connectivity index (χ1n) is 7.89. The SMILES string of the molecule is COC(=O)/C=C/CCNC(=O)Cc1c(C)nn(CC(C)C)c1C. The van der Waals surface area contributed by atoms with E-state index in [0.29, 0.717) is 25.3 Å². The van der Waals surface area contributed by atoms with Crippen LogP contribution in [0.15, 0.2) is 12.2 Å². The molecule has 0 bridgehead atoms. The fourth-order valence-electron chi connectivity index (χ4n) is 2.28. The number of carbonyl (C=O) groups is 2. The smallest absolute Gasteiger partial charge is 0.330 e. The Morgan fingerprint density at radius 1 is 1.35 bits per heavy atom. The third-order valence-corrected chi connectivity index (χ3v) is 3.50. The predicted octanol–water partition coefficient (Wildman–Crippen LogP) is 1.93. The summed E-state index contributed by atoms with van der Waals surface area (Å²) >= 11 is 0. The van der Waals surface area contributed by atoms with Crippen molar-refractivity contribution in [1.29, 1.82) is 0 Å². The maximum Gasteiger partial charge on any atom is 0.330 e. The number of rotatable bonds is 8. The number of aromatic nitrogens is 2. The molecule has 1 aromatic heterocycles. The van der Waals surface area contributed by atoms with Crippen molar-refractivity contribution in [2.24, 2.45) is 5.92 Å². The average Bonchev–Trinajstić information content (AvgIpc) is 2.73. The molecule has 0 fully saturated rings. The van der Waals surface area contributed by atoms with Gasteiger partial charge in [-0.3, -0.25) is 9.48 Å². The van der Waals surface area contributed by atoms with E-state index in [-0.39, 0.29) is 11.9 Å². The average molecular weight is 321 g/mol. The Bertz CT molecular complexity index is 574. The molecule has 0 saturated heterocycles. The number of nitrogens with one attached hydrogen (secondary N) is 1. The highest BCUT2D eigenvalue weighted by atomic mass is 16.5. The van der Waals surface area contributed by atoms with Gasteiger partial charge in [0, 0.05) is 30.4 Å². The van der Waals surface area contributed by atoms with Crippen LogP contribution in [-0.2, 0) is 27.3 Å². The number of methoxy groups -OCH3 is 1. The molecule has 6 heteroatoms. The van der Waals surface area contributed by atoms with Crippen LogP contribution in [-0.4, -0.2) is 35.3 Å². The van der Waals surface area contributed by atoms with Crippen molar-refractivity contribution in [1.82, 2.24) is 15.1 Å². The molecule has 1 N–H and O–H groups in total. The van der Waals surface area contributed by atoms with Crippen LogP contribution in [0, 0.1) is 19.8 Å². The van der Waals surface area contributed by atoms with E-state index < -0.39 is 0 Å². The zero-order valence-electron chi connectivity index (χ0n) is 14.7. The Morgan fingerprint density at radius 2 is 2.04 bits per heavy atom. The molecule has 0 spiro atoms. The number of hydrogen-bond acceptors (Lipinski definition) is 4. The molecule has 1 heterocycles. The maximum atomic E-state index is 12.0. The van der Waals surface area contributed by atoms with Gasteiger partial charge in [-0.25, -0.2) is 4.79 Å². The van der Waals surface area contributed by atoms with Gasteiger partial charge in [0.05, 0.1) is 19.2 Å². The number of nitrogens with zero attached hydrogens (tertiary/aromatic N) is 2. The molecule has 0 atom stereocenters. The summed E-state index contributed by atoms with van der Waals surface area (Å²) in [6.07, 6.45) is 3.96. The van der Waals surface area contributed by atoms with Gasteiger partial charge in [-0.2, -0.15) is 5.10 Å². The van der Waals surface area contributed by atoms with Crippen molar-refractivity contribution < 1.29 is 14.3 Å². The standard InChI is InChI=1S/C17H27N3O3/c1-12(2)11-20-14(4)15(13(3)19-20)10-16(21)18-9-7-6-8-17(22)23-5/h6,8,12H,7,9-11H2,1-5H3,(H,18,21)/b8-6+. The van der Waals surface area contributed by atoms with E-state index in [2.05, 4.69) is 29.0 Å². The van der Waals surface area contributed by atoms with Crippen molar-refractivity contribution in [2.45, 2.75) is 47.1 Å². The first kappa shape index (κ1) is 18.9. The van der Waals surface area contributed by atoms with Gasteiger partial charge in [0.25, 0.3) is 0 Å². The highest BCUT2D eigenvalue weighted by Gasteiger charge is 2.15. The predicted molar refractivity (Wildman–Crippen MR) is 89.0 cm³/mol. The van der Waals surface area contributed by atoms with Gasteiger partial charge in [-0.1, -0.05) is 19.9 Å². The van der Waals surface area contributed by atoms with Crippen LogP contribution < -0.4 is 5.32 Å². The molecule has 128 valence electrons. The number of ether oxygens (including phenoxy) is 1. The third kappa shape index (κ3) is 6.26. The summed E-state index contributed by atoms with van der Waals surface area (Å²) < 4.78 is 6.46. The summed E-state index contributed by atoms with van der Waals surface area (Å²) in [5, 5.41) is 7.36. The maximum absolute atomic E-state index is 12.0. The first-order valence-corrected chi connectivity index (χ1v) is 7.89. The van der Waals surface area contributed by atoms with Gasteiger partial charge in [0.1, 0.15) is 0 Å². The van der Waals surface area contributed by atoms with Crippen molar-refractivity contribution in [3.05, 3.63) is 29.1 Å².